The van der Waals surface area contributed by atoms with E-state index in [9.17, 15) is 14.3 Å². The van der Waals surface area contributed by atoms with E-state index in [2.05, 4.69) is 4.98 Å². The lowest BCUT2D eigenvalue weighted by atomic mass is 9.99. The molecule has 1 aromatic heterocycles. The molecule has 0 radical (unpaired) electrons. The summed E-state index contributed by atoms with van der Waals surface area (Å²) in [5.41, 5.74) is 0.103. The topological polar surface area (TPSA) is 50.2 Å². The molecule has 1 heterocycles. The molecule has 0 fully saturated rings. The highest BCUT2D eigenvalue weighted by Gasteiger charge is 2.20. The van der Waals surface area contributed by atoms with Crippen LogP contribution >= 0.6 is 0 Å². The van der Waals surface area contributed by atoms with Crippen molar-refractivity contribution in [3.8, 4) is 0 Å². The molecule has 1 rings (SSSR count). The van der Waals surface area contributed by atoms with Gasteiger partial charge in [0.1, 0.15) is 11.9 Å². The zero-order chi connectivity index (χ0) is 10.7. The highest BCUT2D eigenvalue weighted by molar-refractivity contribution is 5.99. The van der Waals surface area contributed by atoms with Gasteiger partial charge in [-0.1, -0.05) is 13.8 Å². The summed E-state index contributed by atoms with van der Waals surface area (Å²) in [6.07, 6.45) is 1.16. The lowest BCUT2D eigenvalue weighted by Crippen LogP contribution is -2.26. The zero-order valence-corrected chi connectivity index (χ0v) is 8.07. The zero-order valence-electron chi connectivity index (χ0n) is 8.07. The minimum Gasteiger partial charge on any atom is -0.385 e. The van der Waals surface area contributed by atoms with Crippen molar-refractivity contribution < 1.29 is 14.3 Å². The lowest BCUT2D eigenvalue weighted by Gasteiger charge is -2.12. The molecule has 0 aliphatic carbocycles. The van der Waals surface area contributed by atoms with Crippen LogP contribution in [0.25, 0.3) is 0 Å². The van der Waals surface area contributed by atoms with Gasteiger partial charge in [0.25, 0.3) is 0 Å². The third-order valence-corrected chi connectivity index (χ3v) is 1.89. The predicted molar refractivity (Wildman–Crippen MR) is 49.4 cm³/mol. The van der Waals surface area contributed by atoms with E-state index in [0.717, 1.165) is 12.3 Å². The van der Waals surface area contributed by atoms with Crippen LogP contribution in [0.3, 0.4) is 0 Å². The second kappa shape index (κ2) is 4.28. The molecule has 0 bridgehead atoms. The third kappa shape index (κ3) is 2.35. The fraction of sp³-hybridized carbons (Fsp3) is 0.400. The molecule has 1 atom stereocenters. The van der Waals surface area contributed by atoms with Gasteiger partial charge in [-0.15, -0.1) is 0 Å². The summed E-state index contributed by atoms with van der Waals surface area (Å²) < 4.78 is 12.7. The van der Waals surface area contributed by atoms with Crippen LogP contribution in [0.1, 0.15) is 24.2 Å². The molecule has 0 saturated heterocycles. The largest absolute Gasteiger partial charge is 0.385 e. The number of halogens is 1. The summed E-state index contributed by atoms with van der Waals surface area (Å²) in [6.45, 7) is 3.44. The van der Waals surface area contributed by atoms with Crippen molar-refractivity contribution in [2.24, 2.45) is 5.92 Å². The van der Waals surface area contributed by atoms with E-state index < -0.39 is 17.7 Å². The monoisotopic (exact) mass is 197 g/mol. The van der Waals surface area contributed by atoms with Gasteiger partial charge in [-0.25, -0.2) is 4.39 Å². The van der Waals surface area contributed by atoms with E-state index in [-0.39, 0.29) is 11.5 Å². The van der Waals surface area contributed by atoms with E-state index in [1.54, 1.807) is 13.8 Å². The molecular weight excluding hydrogens is 185 g/mol. The average Bonchev–Trinajstić information content (AvgIpc) is 2.15. The highest BCUT2D eigenvalue weighted by atomic mass is 19.1. The molecule has 0 amide bonds. The van der Waals surface area contributed by atoms with Crippen LogP contribution in [0, 0.1) is 11.7 Å². The van der Waals surface area contributed by atoms with Crippen molar-refractivity contribution in [3.63, 3.8) is 0 Å². The fourth-order valence-corrected chi connectivity index (χ4v) is 1.02. The third-order valence-electron chi connectivity index (χ3n) is 1.89. The van der Waals surface area contributed by atoms with Gasteiger partial charge < -0.3 is 5.11 Å². The minimum absolute atomic E-state index is 0.103. The van der Waals surface area contributed by atoms with E-state index in [0.29, 0.717) is 0 Å². The number of aliphatic hydroxyl groups is 1. The lowest BCUT2D eigenvalue weighted by molar-refractivity contribution is 0.0647. The Morgan fingerprint density at radius 1 is 1.50 bits per heavy atom. The smallest absolute Gasteiger partial charge is 0.193 e. The Morgan fingerprint density at radius 2 is 2.14 bits per heavy atom. The van der Waals surface area contributed by atoms with Gasteiger partial charge in [0, 0.05) is 11.8 Å². The van der Waals surface area contributed by atoms with Gasteiger partial charge in [-0.2, -0.15) is 0 Å². The molecule has 0 aliphatic rings. The molecule has 0 aromatic carbocycles. The predicted octanol–water partition coefficient (Wildman–Crippen LogP) is 1.42. The fourth-order valence-electron chi connectivity index (χ4n) is 1.02. The van der Waals surface area contributed by atoms with E-state index in [1.807, 2.05) is 0 Å². The standard InChI is InChI=1S/C10H12FNO2/c1-6(2)9(13)10(14)7-3-8(11)5-12-4-7/h3-6,9,13H,1-2H3. The molecule has 14 heavy (non-hydrogen) atoms. The van der Waals surface area contributed by atoms with Gasteiger partial charge in [0.2, 0.25) is 0 Å². The molecule has 76 valence electrons. The van der Waals surface area contributed by atoms with E-state index in [1.165, 1.54) is 6.20 Å². The van der Waals surface area contributed by atoms with Crippen molar-refractivity contribution in [2.75, 3.05) is 0 Å². The first kappa shape index (κ1) is 10.8. The minimum atomic E-state index is -1.10. The number of carbonyl (C=O) groups excluding carboxylic acids is 1. The maximum atomic E-state index is 12.7. The number of ketones is 1. The van der Waals surface area contributed by atoms with Gasteiger partial charge >= 0.3 is 0 Å². The van der Waals surface area contributed by atoms with E-state index in [4.69, 9.17) is 0 Å². The van der Waals surface area contributed by atoms with Crippen molar-refractivity contribution in [2.45, 2.75) is 20.0 Å². The maximum absolute atomic E-state index is 12.7. The summed E-state index contributed by atoms with van der Waals surface area (Å²) in [5.74, 6) is -1.26. The Bertz CT molecular complexity index is 339. The van der Waals surface area contributed by atoms with Gasteiger partial charge in [-0.05, 0) is 12.0 Å². The second-order valence-corrected chi connectivity index (χ2v) is 3.44. The van der Waals surface area contributed by atoms with Crippen LogP contribution in [0.4, 0.5) is 4.39 Å². The van der Waals surface area contributed by atoms with Crippen LogP contribution in [-0.2, 0) is 0 Å². The van der Waals surface area contributed by atoms with Gasteiger partial charge in [0.15, 0.2) is 5.78 Å². The number of hydrogen-bond acceptors (Lipinski definition) is 3. The molecule has 1 aromatic rings. The summed E-state index contributed by atoms with van der Waals surface area (Å²) in [7, 11) is 0. The average molecular weight is 197 g/mol. The molecule has 0 aliphatic heterocycles. The first-order chi connectivity index (χ1) is 6.52. The van der Waals surface area contributed by atoms with Crippen LogP contribution < -0.4 is 0 Å². The van der Waals surface area contributed by atoms with Gasteiger partial charge in [-0.3, -0.25) is 9.78 Å². The number of pyridine rings is 1. The number of hydrogen-bond donors (Lipinski definition) is 1. The SMILES string of the molecule is CC(C)C(O)C(=O)c1cncc(F)c1. The Morgan fingerprint density at radius 3 is 2.64 bits per heavy atom. The summed E-state index contributed by atoms with van der Waals surface area (Å²) in [6, 6.07) is 1.07. The van der Waals surface area contributed by atoms with Crippen molar-refractivity contribution >= 4 is 5.78 Å². The second-order valence-electron chi connectivity index (χ2n) is 3.44. The first-order valence-corrected chi connectivity index (χ1v) is 4.35. The molecule has 3 nitrogen and oxygen atoms in total. The number of aliphatic hydroxyl groups excluding tert-OH is 1. The molecular formula is C10H12FNO2. The molecule has 1 unspecified atom stereocenters. The number of aromatic nitrogens is 1. The molecule has 1 N–H and O–H groups in total. The molecule has 0 spiro atoms. The van der Waals surface area contributed by atoms with E-state index >= 15 is 0 Å². The van der Waals surface area contributed by atoms with Crippen LogP contribution in [-0.4, -0.2) is 22.0 Å². The normalized spacial score (nSPS) is 12.9. The number of nitrogens with zero attached hydrogens (tertiary/aromatic N) is 1. The number of rotatable bonds is 3. The molecule has 4 heteroatoms. The van der Waals surface area contributed by atoms with Crippen molar-refractivity contribution in [1.82, 2.24) is 4.98 Å². The van der Waals surface area contributed by atoms with Crippen LogP contribution in [0.15, 0.2) is 18.5 Å². The Labute approximate surface area is 81.6 Å². The summed E-state index contributed by atoms with van der Waals surface area (Å²) >= 11 is 0. The Balaban J connectivity index is 2.89. The van der Waals surface area contributed by atoms with Crippen molar-refractivity contribution in [3.05, 3.63) is 29.8 Å². The number of Topliss-reactive ketones (excluding diaryl/α,β-unsaturated/α-hetero) is 1. The van der Waals surface area contributed by atoms with Crippen molar-refractivity contribution in [1.29, 1.82) is 0 Å². The van der Waals surface area contributed by atoms with Gasteiger partial charge in [0.05, 0.1) is 6.20 Å². The summed E-state index contributed by atoms with van der Waals surface area (Å²) in [5, 5.41) is 9.44. The van der Waals surface area contributed by atoms with Crippen LogP contribution in [0.2, 0.25) is 0 Å². The first-order valence-electron chi connectivity index (χ1n) is 4.35. The molecule has 0 saturated carbocycles. The maximum Gasteiger partial charge on any atom is 0.193 e. The van der Waals surface area contributed by atoms with Crippen LogP contribution in [0.5, 0.6) is 0 Å². The Hall–Kier alpha value is -1.29. The quantitative estimate of drug-likeness (QED) is 0.745. The highest BCUT2D eigenvalue weighted by Crippen LogP contribution is 2.10. The Kier molecular flexibility index (Phi) is 3.30. The number of carbonyl (C=O) groups is 1. The summed E-state index contributed by atoms with van der Waals surface area (Å²) in [4.78, 5) is 15.0.